The van der Waals surface area contributed by atoms with Crippen LogP contribution >= 0.6 is 0 Å². The molecule has 2 aliphatic heterocycles. The lowest BCUT2D eigenvalue weighted by molar-refractivity contribution is -0.135. The first kappa shape index (κ1) is 39.0. The molecule has 0 bridgehead atoms. The van der Waals surface area contributed by atoms with Gasteiger partial charge in [-0.2, -0.15) is 0 Å². The monoisotopic (exact) mass is 753 g/mol. The van der Waals surface area contributed by atoms with Crippen LogP contribution in [0.1, 0.15) is 58.8 Å². The molecule has 4 aromatic rings. The molecule has 0 radical (unpaired) electrons. The summed E-state index contributed by atoms with van der Waals surface area (Å²) in [6.45, 7) is 10.0. The van der Waals surface area contributed by atoms with E-state index in [0.717, 1.165) is 58.2 Å². The first-order chi connectivity index (χ1) is 26.4. The first-order valence-corrected chi connectivity index (χ1v) is 18.9. The number of H-pyrrole nitrogens is 1. The number of ether oxygens (including phenoxy) is 2. The highest BCUT2D eigenvalue weighted by Gasteiger charge is 2.38. The molecule has 15 nitrogen and oxygen atoms in total. The number of fused-ring (bicyclic) bond motifs is 1. The van der Waals surface area contributed by atoms with Gasteiger partial charge in [-0.3, -0.25) is 9.59 Å². The van der Waals surface area contributed by atoms with E-state index < -0.39 is 24.3 Å². The maximum Gasteiger partial charge on any atom is 0.407 e. The predicted octanol–water partition coefficient (Wildman–Crippen LogP) is 5.37. The van der Waals surface area contributed by atoms with E-state index in [1.807, 2.05) is 32.6 Å². The number of alkyl carbamates (subject to hydrolysis) is 2. The number of hydrogen-bond donors (Lipinski definition) is 4. The van der Waals surface area contributed by atoms with Gasteiger partial charge >= 0.3 is 12.2 Å². The van der Waals surface area contributed by atoms with Crippen molar-refractivity contribution >= 4 is 40.7 Å². The fourth-order valence-corrected chi connectivity index (χ4v) is 7.34. The highest BCUT2D eigenvalue weighted by atomic mass is 16.5. The third-order valence-corrected chi connectivity index (χ3v) is 10.5. The van der Waals surface area contributed by atoms with Crippen LogP contribution < -0.4 is 16.0 Å². The highest BCUT2D eigenvalue weighted by molar-refractivity contribution is 5.90. The third-order valence-electron chi connectivity index (χ3n) is 10.5. The Morgan fingerprint density at radius 2 is 1.40 bits per heavy atom. The van der Waals surface area contributed by atoms with Crippen LogP contribution in [0.15, 0.2) is 55.0 Å². The molecular formula is C40H51N9O6. The molecule has 0 saturated carbocycles. The third kappa shape index (κ3) is 8.98. The quantitative estimate of drug-likeness (QED) is 0.147. The van der Waals surface area contributed by atoms with Crippen LogP contribution in [-0.2, 0) is 19.1 Å². The number of imidazole rings is 1. The Morgan fingerprint density at radius 3 is 2.04 bits per heavy atom. The summed E-state index contributed by atoms with van der Waals surface area (Å²) in [6.07, 6.45) is 6.65. The minimum absolute atomic E-state index is 0.0650. The summed E-state index contributed by atoms with van der Waals surface area (Å²) in [5, 5.41) is 10.8. The number of nitrogens with zero attached hydrogens (tertiary/aromatic N) is 5. The van der Waals surface area contributed by atoms with Crippen LogP contribution in [0.5, 0.6) is 0 Å². The zero-order valence-corrected chi connectivity index (χ0v) is 32.3. The van der Waals surface area contributed by atoms with Crippen LogP contribution in [0.25, 0.3) is 33.2 Å². The zero-order chi connectivity index (χ0) is 39.2. The van der Waals surface area contributed by atoms with Gasteiger partial charge in [0.15, 0.2) is 0 Å². The van der Waals surface area contributed by atoms with Gasteiger partial charge in [0, 0.05) is 49.7 Å². The Hall–Kier alpha value is -5.73. The van der Waals surface area contributed by atoms with Crippen molar-refractivity contribution in [1.82, 2.24) is 40.4 Å². The number of amides is 4. The molecule has 0 unspecified atom stereocenters. The lowest BCUT2D eigenvalue weighted by Crippen LogP contribution is -2.51. The van der Waals surface area contributed by atoms with Gasteiger partial charge in [-0.15, -0.1) is 0 Å². The number of rotatable bonds is 12. The molecule has 55 heavy (non-hydrogen) atoms. The molecule has 4 amide bonds. The van der Waals surface area contributed by atoms with E-state index in [9.17, 15) is 19.2 Å². The molecule has 2 aromatic heterocycles. The molecule has 2 saturated heterocycles. The highest BCUT2D eigenvalue weighted by Crippen LogP contribution is 2.34. The normalized spacial score (nSPS) is 18.0. The molecule has 2 aliphatic rings. The summed E-state index contributed by atoms with van der Waals surface area (Å²) in [6, 6.07) is 11.0. The van der Waals surface area contributed by atoms with Crippen molar-refractivity contribution in [2.45, 2.75) is 65.1 Å². The van der Waals surface area contributed by atoms with Crippen molar-refractivity contribution in [3.63, 3.8) is 0 Å². The van der Waals surface area contributed by atoms with Crippen LogP contribution in [-0.4, -0.2) is 106 Å². The molecule has 2 fully saturated rings. The second-order valence-corrected chi connectivity index (χ2v) is 15.0. The largest absolute Gasteiger partial charge is 0.453 e. The second-order valence-electron chi connectivity index (χ2n) is 15.0. The molecule has 0 aliphatic carbocycles. The average molecular weight is 754 g/mol. The van der Waals surface area contributed by atoms with E-state index in [4.69, 9.17) is 9.47 Å². The SMILES string of the molecule is COC(=O)N[C@H](C(=O)N1CCC[C@H]1c1ncc(-c2ccc3cc(-c4cnc(NC[C@H]5CCN(C(=O)[C@H](NC(=O)OC)C(C)C)C5)nc4)ccc3c2)[nH]1)C(C)C. The maximum atomic E-state index is 13.5. The van der Waals surface area contributed by atoms with Gasteiger partial charge in [-0.05, 0) is 65.5 Å². The smallest absolute Gasteiger partial charge is 0.407 e. The second kappa shape index (κ2) is 17.2. The number of carbonyl (C=O) groups excluding carboxylic acids is 4. The van der Waals surface area contributed by atoms with Crippen molar-refractivity contribution in [3.05, 3.63) is 60.8 Å². The topological polar surface area (TPSA) is 184 Å². The number of likely N-dealkylation sites (tertiary alicyclic amines) is 2. The van der Waals surface area contributed by atoms with E-state index in [0.29, 0.717) is 32.1 Å². The Kier molecular flexibility index (Phi) is 12.2. The Bertz CT molecular complexity index is 2000. The summed E-state index contributed by atoms with van der Waals surface area (Å²) < 4.78 is 9.46. The van der Waals surface area contributed by atoms with Crippen molar-refractivity contribution in [2.75, 3.05) is 45.7 Å². The van der Waals surface area contributed by atoms with E-state index in [2.05, 4.69) is 72.3 Å². The maximum absolute atomic E-state index is 13.5. The summed E-state index contributed by atoms with van der Waals surface area (Å²) >= 11 is 0. The van der Waals surface area contributed by atoms with Gasteiger partial charge in [-0.1, -0.05) is 52.0 Å². The summed E-state index contributed by atoms with van der Waals surface area (Å²) in [5.74, 6) is 1.07. The summed E-state index contributed by atoms with van der Waals surface area (Å²) in [7, 11) is 2.58. The Morgan fingerprint density at radius 1 is 0.782 bits per heavy atom. The van der Waals surface area contributed by atoms with E-state index in [-0.39, 0.29) is 35.6 Å². The van der Waals surface area contributed by atoms with Gasteiger partial charge in [0.1, 0.15) is 17.9 Å². The van der Waals surface area contributed by atoms with E-state index >= 15 is 0 Å². The van der Waals surface area contributed by atoms with Crippen molar-refractivity contribution in [1.29, 1.82) is 0 Å². The summed E-state index contributed by atoms with van der Waals surface area (Å²) in [4.78, 5) is 71.2. The predicted molar refractivity (Wildman–Crippen MR) is 208 cm³/mol. The molecule has 4 heterocycles. The molecular weight excluding hydrogens is 702 g/mol. The van der Waals surface area contributed by atoms with Crippen molar-refractivity contribution < 1.29 is 28.7 Å². The van der Waals surface area contributed by atoms with Crippen LogP contribution in [0.3, 0.4) is 0 Å². The Labute approximate surface area is 321 Å². The van der Waals surface area contributed by atoms with Gasteiger partial charge in [-0.25, -0.2) is 24.5 Å². The number of benzene rings is 2. The zero-order valence-electron chi connectivity index (χ0n) is 32.3. The van der Waals surface area contributed by atoms with Crippen LogP contribution in [0.2, 0.25) is 0 Å². The number of hydrogen-bond acceptors (Lipinski definition) is 10. The minimum atomic E-state index is -0.689. The molecule has 15 heteroatoms. The van der Waals surface area contributed by atoms with Gasteiger partial charge < -0.3 is 40.2 Å². The number of nitrogens with one attached hydrogen (secondary N) is 4. The fourth-order valence-electron chi connectivity index (χ4n) is 7.34. The number of aromatic nitrogens is 4. The van der Waals surface area contributed by atoms with Crippen molar-refractivity contribution in [3.8, 4) is 22.4 Å². The van der Waals surface area contributed by atoms with Gasteiger partial charge in [0.05, 0.1) is 32.2 Å². The molecule has 292 valence electrons. The minimum Gasteiger partial charge on any atom is -0.453 e. The first-order valence-electron chi connectivity index (χ1n) is 18.9. The average Bonchev–Trinajstić information content (AvgIpc) is 3.99. The molecule has 6 rings (SSSR count). The number of aromatic amines is 1. The molecule has 4 N–H and O–H groups in total. The van der Waals surface area contributed by atoms with Gasteiger partial charge in [0.25, 0.3) is 0 Å². The van der Waals surface area contributed by atoms with Gasteiger partial charge in [0.2, 0.25) is 17.8 Å². The van der Waals surface area contributed by atoms with Crippen molar-refractivity contribution in [2.24, 2.45) is 17.8 Å². The number of methoxy groups -OCH3 is 2. The lowest BCUT2D eigenvalue weighted by atomic mass is 10.0. The van der Waals surface area contributed by atoms with E-state index in [1.165, 1.54) is 14.2 Å². The summed E-state index contributed by atoms with van der Waals surface area (Å²) in [5.41, 5.74) is 3.72. The van der Waals surface area contributed by atoms with Crippen LogP contribution in [0.4, 0.5) is 15.5 Å². The lowest BCUT2D eigenvalue weighted by Gasteiger charge is -2.30. The molecule has 2 aromatic carbocycles. The number of carbonyl (C=O) groups is 4. The van der Waals surface area contributed by atoms with E-state index in [1.54, 1.807) is 23.5 Å². The molecule has 0 spiro atoms. The van der Waals surface area contributed by atoms with Crippen LogP contribution in [0, 0.1) is 17.8 Å². The molecule has 4 atom stereocenters. The standard InChI is InChI=1S/C40H51N9O6/c1-23(2)33(46-39(52)54-5)36(50)48-15-13-25(22-48)18-42-38-43-19-30(20-44-38)28-10-9-27-17-29(12-11-26(27)16-28)31-21-41-35(45-31)32-8-7-14-49(32)37(51)34(24(3)4)47-40(53)55-6/h9-12,16-17,19-21,23-25,32-34H,7-8,13-15,18,22H2,1-6H3,(H,41,45)(H,46,52)(H,47,53)(H,42,43,44)/t25-,32+,33-,34+/m1/s1. The Balaban J connectivity index is 1.06. The number of anilines is 1. The fraction of sp³-hybridized carbons (Fsp3) is 0.475.